The van der Waals surface area contributed by atoms with Gasteiger partial charge in [-0.05, 0) is 48.0 Å². The first-order valence-electron chi connectivity index (χ1n) is 8.39. The second-order valence-corrected chi connectivity index (χ2v) is 7.16. The van der Waals surface area contributed by atoms with E-state index >= 15 is 0 Å². The summed E-state index contributed by atoms with van der Waals surface area (Å²) in [5.74, 6) is -3.78. The van der Waals surface area contributed by atoms with Gasteiger partial charge in [0.15, 0.2) is 0 Å². The number of esters is 2. The second-order valence-electron chi connectivity index (χ2n) is 6.21. The summed E-state index contributed by atoms with van der Waals surface area (Å²) in [6.07, 6.45) is 0.706. The topological polar surface area (TPSA) is 94.5 Å². The molecule has 27 heavy (non-hydrogen) atoms. The molecule has 3 rings (SSSR count). The number of aliphatic hydroxyl groups is 1. The Balaban J connectivity index is 1.41. The first-order valence-corrected chi connectivity index (χ1v) is 9.27. The lowest BCUT2D eigenvalue weighted by Crippen LogP contribution is -2.43. The fourth-order valence-electron chi connectivity index (χ4n) is 2.81. The summed E-state index contributed by atoms with van der Waals surface area (Å²) in [4.78, 5) is 23.7. The third-order valence-corrected chi connectivity index (χ3v) is 5.01. The normalized spacial score (nSPS) is 16.0. The van der Waals surface area contributed by atoms with Crippen molar-refractivity contribution >= 4 is 33.4 Å². The number of ether oxygens (including phenoxy) is 4. The van der Waals surface area contributed by atoms with Crippen molar-refractivity contribution in [1.29, 1.82) is 0 Å². The van der Waals surface area contributed by atoms with Gasteiger partial charge in [-0.1, -0.05) is 0 Å². The highest BCUT2D eigenvalue weighted by Gasteiger charge is 2.48. The standard InChI is InChI=1S/C18H21NO7S/c1-19(11-18(22)25-16(20)17(21)26-18)5-7-24-6-3-12-9-13-4-8-27-15(13)10-14(12)23-2/h4,8-10,22H,3,5-7,11H2,1-2H3. The maximum atomic E-state index is 11.0. The van der Waals surface area contributed by atoms with E-state index in [2.05, 4.69) is 21.6 Å². The maximum absolute atomic E-state index is 11.0. The van der Waals surface area contributed by atoms with Gasteiger partial charge in [0.25, 0.3) is 0 Å². The van der Waals surface area contributed by atoms with Crippen LogP contribution in [0.25, 0.3) is 10.1 Å². The zero-order chi connectivity index (χ0) is 19.4. The van der Waals surface area contributed by atoms with Crippen LogP contribution in [0.1, 0.15) is 5.56 Å². The molecule has 0 radical (unpaired) electrons. The number of rotatable bonds is 9. The molecule has 0 unspecified atom stereocenters. The lowest BCUT2D eigenvalue weighted by molar-refractivity contribution is -0.296. The van der Waals surface area contributed by atoms with E-state index in [0.29, 0.717) is 26.2 Å². The number of fused-ring (bicyclic) bond motifs is 1. The maximum Gasteiger partial charge on any atom is 0.422 e. The van der Waals surface area contributed by atoms with Crippen LogP contribution in [-0.4, -0.2) is 68.4 Å². The molecule has 1 N–H and O–H groups in total. The molecular weight excluding hydrogens is 374 g/mol. The highest BCUT2D eigenvalue weighted by molar-refractivity contribution is 7.17. The van der Waals surface area contributed by atoms with Crippen LogP contribution >= 0.6 is 11.3 Å². The summed E-state index contributed by atoms with van der Waals surface area (Å²) in [7, 11) is 3.34. The van der Waals surface area contributed by atoms with Gasteiger partial charge in [-0.15, -0.1) is 11.3 Å². The quantitative estimate of drug-likeness (QED) is 0.384. The van der Waals surface area contributed by atoms with Crippen molar-refractivity contribution in [2.24, 2.45) is 0 Å². The van der Waals surface area contributed by atoms with E-state index in [4.69, 9.17) is 9.47 Å². The van der Waals surface area contributed by atoms with E-state index in [0.717, 1.165) is 11.3 Å². The summed E-state index contributed by atoms with van der Waals surface area (Å²) in [6.45, 7) is 1.21. The molecule has 8 nitrogen and oxygen atoms in total. The first-order chi connectivity index (χ1) is 12.9. The van der Waals surface area contributed by atoms with Crippen LogP contribution in [0.2, 0.25) is 0 Å². The lowest BCUT2D eigenvalue weighted by Gasteiger charge is -2.24. The van der Waals surface area contributed by atoms with Crippen molar-refractivity contribution in [2.75, 3.05) is 40.5 Å². The number of likely N-dealkylation sites (N-methyl/N-ethyl adjacent to an activating group) is 1. The Morgan fingerprint density at radius 2 is 1.96 bits per heavy atom. The Hall–Kier alpha value is -2.20. The van der Waals surface area contributed by atoms with Gasteiger partial charge < -0.3 is 24.1 Å². The monoisotopic (exact) mass is 395 g/mol. The zero-order valence-corrected chi connectivity index (χ0v) is 15.9. The molecule has 0 spiro atoms. The minimum Gasteiger partial charge on any atom is -0.496 e. The van der Waals surface area contributed by atoms with Gasteiger partial charge in [-0.2, -0.15) is 0 Å². The van der Waals surface area contributed by atoms with Crippen LogP contribution in [-0.2, 0) is 30.2 Å². The van der Waals surface area contributed by atoms with Crippen LogP contribution < -0.4 is 4.74 Å². The number of hydrogen-bond donors (Lipinski definition) is 1. The van der Waals surface area contributed by atoms with Crippen LogP contribution in [0.4, 0.5) is 0 Å². The van der Waals surface area contributed by atoms with Gasteiger partial charge in [0.1, 0.15) is 12.3 Å². The van der Waals surface area contributed by atoms with Crippen molar-refractivity contribution in [1.82, 2.24) is 4.90 Å². The number of cyclic esters (lactones) is 2. The van der Waals surface area contributed by atoms with Crippen LogP contribution in [0, 0.1) is 0 Å². The zero-order valence-electron chi connectivity index (χ0n) is 15.1. The van der Waals surface area contributed by atoms with Crippen molar-refractivity contribution in [3.63, 3.8) is 0 Å². The molecule has 1 fully saturated rings. The number of carbonyl (C=O) groups excluding carboxylic acids is 2. The molecular formula is C18H21NO7S. The Morgan fingerprint density at radius 1 is 1.22 bits per heavy atom. The smallest absolute Gasteiger partial charge is 0.422 e. The third kappa shape index (κ3) is 4.75. The number of nitrogens with zero attached hydrogens (tertiary/aromatic N) is 1. The van der Waals surface area contributed by atoms with Crippen molar-refractivity contribution < 1.29 is 33.6 Å². The van der Waals surface area contributed by atoms with E-state index in [9.17, 15) is 14.7 Å². The molecule has 1 aliphatic rings. The molecule has 2 heterocycles. The Bertz CT molecular complexity index is 818. The van der Waals surface area contributed by atoms with E-state index in [1.807, 2.05) is 11.4 Å². The second kappa shape index (κ2) is 8.22. The van der Waals surface area contributed by atoms with E-state index in [1.54, 1.807) is 30.4 Å². The van der Waals surface area contributed by atoms with Crippen molar-refractivity contribution in [2.45, 2.75) is 12.4 Å². The Morgan fingerprint density at radius 3 is 2.67 bits per heavy atom. The van der Waals surface area contributed by atoms with Crippen LogP contribution in [0.3, 0.4) is 0 Å². The molecule has 1 aliphatic heterocycles. The van der Waals surface area contributed by atoms with Crippen molar-refractivity contribution in [3.05, 3.63) is 29.1 Å². The van der Waals surface area contributed by atoms with Gasteiger partial charge in [0, 0.05) is 11.2 Å². The van der Waals surface area contributed by atoms with E-state index < -0.39 is 17.9 Å². The number of benzene rings is 1. The van der Waals surface area contributed by atoms with Crippen molar-refractivity contribution in [3.8, 4) is 5.75 Å². The largest absolute Gasteiger partial charge is 0.496 e. The first kappa shape index (κ1) is 19.6. The molecule has 0 saturated carbocycles. The number of carbonyl (C=O) groups is 2. The van der Waals surface area contributed by atoms with Gasteiger partial charge in [-0.3, -0.25) is 4.90 Å². The van der Waals surface area contributed by atoms with Gasteiger partial charge in [-0.25, -0.2) is 9.59 Å². The van der Waals surface area contributed by atoms with Gasteiger partial charge in [0.2, 0.25) is 0 Å². The molecule has 0 bridgehead atoms. The molecule has 0 amide bonds. The fourth-order valence-corrected chi connectivity index (χ4v) is 3.61. The summed E-state index contributed by atoms with van der Waals surface area (Å²) in [5, 5.41) is 13.1. The molecule has 0 aliphatic carbocycles. The number of methoxy groups -OCH3 is 1. The highest BCUT2D eigenvalue weighted by Crippen LogP contribution is 2.29. The van der Waals surface area contributed by atoms with Gasteiger partial charge in [0.05, 0.1) is 20.3 Å². The highest BCUT2D eigenvalue weighted by atomic mass is 32.1. The summed E-state index contributed by atoms with van der Waals surface area (Å²) < 4.78 is 21.3. The van der Waals surface area contributed by atoms with E-state index in [-0.39, 0.29) is 6.54 Å². The molecule has 1 saturated heterocycles. The third-order valence-electron chi connectivity index (χ3n) is 4.13. The predicted molar refractivity (Wildman–Crippen MR) is 97.5 cm³/mol. The Kier molecular flexibility index (Phi) is 5.95. The molecule has 0 atom stereocenters. The minimum absolute atomic E-state index is 0.156. The molecule has 1 aromatic heterocycles. The molecule has 9 heteroatoms. The number of hydrogen-bond acceptors (Lipinski definition) is 9. The lowest BCUT2D eigenvalue weighted by atomic mass is 10.1. The summed E-state index contributed by atoms with van der Waals surface area (Å²) >= 11 is 1.67. The fraction of sp³-hybridized carbons (Fsp3) is 0.444. The van der Waals surface area contributed by atoms with E-state index in [1.165, 1.54) is 10.1 Å². The average molecular weight is 395 g/mol. The predicted octanol–water partition coefficient (Wildman–Crippen LogP) is 1.15. The molecule has 1 aromatic carbocycles. The number of thiophene rings is 1. The Labute approximate surface area is 160 Å². The molecule has 2 aromatic rings. The summed E-state index contributed by atoms with van der Waals surface area (Å²) in [6, 6.07) is 6.22. The summed E-state index contributed by atoms with van der Waals surface area (Å²) in [5.41, 5.74) is 1.08. The molecule has 146 valence electrons. The SMILES string of the molecule is COc1cc2sccc2cc1CCOCCN(C)CC1(O)OC(=O)C(=O)O1. The minimum atomic E-state index is -2.23. The van der Waals surface area contributed by atoms with Gasteiger partial charge >= 0.3 is 17.9 Å². The average Bonchev–Trinajstić information content (AvgIpc) is 3.16. The van der Waals surface area contributed by atoms with Crippen LogP contribution in [0.15, 0.2) is 23.6 Å². The van der Waals surface area contributed by atoms with Crippen LogP contribution in [0.5, 0.6) is 5.75 Å².